The molecular formula is C28H49ClN2O7. The molecule has 9 nitrogen and oxygen atoms in total. The van der Waals surface area contributed by atoms with E-state index in [4.69, 9.17) is 19.9 Å². The number of nitrogens with two attached hydrogens (primary N) is 1. The van der Waals surface area contributed by atoms with Gasteiger partial charge in [0.15, 0.2) is 11.5 Å². The molecule has 0 unspecified atom stereocenters. The van der Waals surface area contributed by atoms with E-state index in [1.165, 1.54) is 13.2 Å². The zero-order chi connectivity index (χ0) is 28.0. The van der Waals surface area contributed by atoms with E-state index in [0.29, 0.717) is 51.2 Å². The summed E-state index contributed by atoms with van der Waals surface area (Å²) in [5, 5.41) is 23.3. The van der Waals surface area contributed by atoms with Crippen molar-refractivity contribution in [2.75, 3.05) is 34.0 Å². The van der Waals surface area contributed by atoms with Crippen molar-refractivity contribution in [3.8, 4) is 11.5 Å². The van der Waals surface area contributed by atoms with Crippen LogP contribution in [0, 0.1) is 17.8 Å². The predicted molar refractivity (Wildman–Crippen MR) is 152 cm³/mol. The fraction of sp³-hybridized carbons (Fsp3) is 0.714. The van der Waals surface area contributed by atoms with Gasteiger partial charge < -0.3 is 35.5 Å². The Kier molecular flexibility index (Phi) is 18.0. The van der Waals surface area contributed by atoms with Crippen LogP contribution in [-0.4, -0.2) is 68.2 Å². The molecule has 0 aliphatic rings. The number of halogens is 1. The molecule has 4 atom stereocenters. The van der Waals surface area contributed by atoms with E-state index in [0.717, 1.165) is 18.4 Å². The minimum atomic E-state index is -1.09. The molecule has 220 valence electrons. The summed E-state index contributed by atoms with van der Waals surface area (Å²) in [5.41, 5.74) is 7.27. The highest BCUT2D eigenvalue weighted by Gasteiger charge is 2.28. The van der Waals surface area contributed by atoms with Gasteiger partial charge >= 0.3 is 5.97 Å². The number of methoxy groups -OCH3 is 2. The first kappa shape index (κ1) is 35.9. The van der Waals surface area contributed by atoms with Crippen LogP contribution in [-0.2, 0) is 16.0 Å². The normalized spacial score (nSPS) is 14.2. The number of unbranched alkanes of at least 4 members (excludes halogenated alkanes) is 1. The molecule has 0 fully saturated rings. The second kappa shape index (κ2) is 19.1. The van der Waals surface area contributed by atoms with Gasteiger partial charge in [-0.05, 0) is 49.1 Å². The summed E-state index contributed by atoms with van der Waals surface area (Å²) in [6.45, 7) is 9.48. The van der Waals surface area contributed by atoms with E-state index in [9.17, 15) is 19.8 Å². The van der Waals surface area contributed by atoms with E-state index < -0.39 is 18.1 Å². The molecule has 0 aliphatic carbocycles. The summed E-state index contributed by atoms with van der Waals surface area (Å²) < 4.78 is 16.5. The molecule has 0 bridgehead atoms. The molecule has 0 radical (unpaired) electrons. The third-order valence-corrected chi connectivity index (χ3v) is 6.73. The molecule has 0 saturated carbocycles. The Bertz CT molecular complexity index is 838. The number of aromatic carboxylic acids is 1. The summed E-state index contributed by atoms with van der Waals surface area (Å²) in [4.78, 5) is 24.1. The number of rotatable bonds is 19. The van der Waals surface area contributed by atoms with Crippen molar-refractivity contribution in [2.45, 2.75) is 78.4 Å². The van der Waals surface area contributed by atoms with Crippen LogP contribution in [0.25, 0.3) is 0 Å². The Morgan fingerprint density at radius 3 is 2.29 bits per heavy atom. The number of aliphatic hydroxyl groups is 1. The summed E-state index contributed by atoms with van der Waals surface area (Å²) >= 11 is 0. The van der Waals surface area contributed by atoms with Crippen molar-refractivity contribution >= 4 is 24.3 Å². The van der Waals surface area contributed by atoms with Gasteiger partial charge in [-0.3, -0.25) is 4.79 Å². The van der Waals surface area contributed by atoms with Gasteiger partial charge in [0.05, 0.1) is 19.8 Å². The molecule has 1 rings (SSSR count). The molecule has 0 saturated heterocycles. The molecule has 0 heterocycles. The number of benzene rings is 1. The van der Waals surface area contributed by atoms with Gasteiger partial charge in [-0.2, -0.15) is 0 Å². The minimum Gasteiger partial charge on any atom is -0.493 e. The molecule has 10 heteroatoms. The summed E-state index contributed by atoms with van der Waals surface area (Å²) in [6.07, 6.45) is 3.13. The van der Waals surface area contributed by atoms with Crippen LogP contribution in [0.5, 0.6) is 11.5 Å². The van der Waals surface area contributed by atoms with Gasteiger partial charge in [-0.15, -0.1) is 12.4 Å². The number of hydrogen-bond acceptors (Lipinski definition) is 7. The first-order chi connectivity index (χ1) is 17.6. The van der Waals surface area contributed by atoms with Crippen LogP contribution in [0.1, 0.15) is 75.7 Å². The second-order valence-corrected chi connectivity index (χ2v) is 10.1. The average molecular weight is 561 g/mol. The second-order valence-electron chi connectivity index (χ2n) is 10.1. The standard InChI is InChI=1S/C28H48N2O7.ClH/c1-7-8-12-30-27(32)19(4)15-24(31)23(29)17-21(18(2)3)16-20-10-11-22(28(33)34)26(25(20)36-6)37-14-9-13-35-5;/h10-11,18-19,21,23-24,31H,7-9,12-17,29H2,1-6H3,(H,30,32)(H,33,34);1H/t19-,21+,23+,24+;/m1./s1. The number of hydrogen-bond donors (Lipinski definition) is 4. The highest BCUT2D eigenvalue weighted by atomic mass is 35.5. The molecule has 0 aromatic heterocycles. The van der Waals surface area contributed by atoms with Gasteiger partial charge in [0.25, 0.3) is 0 Å². The first-order valence-corrected chi connectivity index (χ1v) is 13.3. The smallest absolute Gasteiger partial charge is 0.339 e. The largest absolute Gasteiger partial charge is 0.493 e. The van der Waals surface area contributed by atoms with Crippen molar-refractivity contribution in [3.63, 3.8) is 0 Å². The number of carbonyl (C=O) groups is 2. The topological polar surface area (TPSA) is 140 Å². The summed E-state index contributed by atoms with van der Waals surface area (Å²) in [5.74, 6) is -0.566. The fourth-order valence-corrected chi connectivity index (χ4v) is 4.26. The quantitative estimate of drug-likeness (QED) is 0.186. The van der Waals surface area contributed by atoms with Crippen LogP contribution >= 0.6 is 12.4 Å². The van der Waals surface area contributed by atoms with E-state index in [-0.39, 0.29) is 47.4 Å². The first-order valence-electron chi connectivity index (χ1n) is 13.3. The number of carboxylic acid groups (broad SMARTS) is 1. The zero-order valence-corrected chi connectivity index (χ0v) is 24.6. The average Bonchev–Trinajstić information content (AvgIpc) is 2.85. The number of nitrogens with one attached hydrogen (secondary N) is 1. The van der Waals surface area contributed by atoms with Crippen molar-refractivity contribution in [1.29, 1.82) is 0 Å². The lowest BCUT2D eigenvalue weighted by molar-refractivity contribution is -0.125. The number of amides is 1. The van der Waals surface area contributed by atoms with Gasteiger partial charge in [0.2, 0.25) is 5.91 Å². The predicted octanol–water partition coefficient (Wildman–Crippen LogP) is 4.07. The van der Waals surface area contributed by atoms with Gasteiger partial charge in [-0.25, -0.2) is 4.79 Å². The number of carboxylic acids is 1. The Morgan fingerprint density at radius 2 is 1.74 bits per heavy atom. The van der Waals surface area contributed by atoms with Crippen molar-refractivity contribution in [2.24, 2.45) is 23.5 Å². The molecule has 1 aromatic rings. The lowest BCUT2D eigenvalue weighted by Crippen LogP contribution is -2.41. The van der Waals surface area contributed by atoms with Crippen molar-refractivity contribution in [1.82, 2.24) is 5.32 Å². The molecule has 38 heavy (non-hydrogen) atoms. The van der Waals surface area contributed by atoms with E-state index in [1.807, 2.05) is 0 Å². The van der Waals surface area contributed by atoms with E-state index >= 15 is 0 Å². The Hall–Kier alpha value is -2.07. The molecule has 0 spiro atoms. The Morgan fingerprint density at radius 1 is 1.05 bits per heavy atom. The van der Waals surface area contributed by atoms with Crippen LogP contribution in [0.2, 0.25) is 0 Å². The molecular weight excluding hydrogens is 512 g/mol. The molecule has 0 aliphatic heterocycles. The van der Waals surface area contributed by atoms with Crippen LogP contribution < -0.4 is 20.5 Å². The third kappa shape index (κ3) is 11.8. The number of aliphatic hydroxyl groups excluding tert-OH is 1. The Balaban J connectivity index is 0.0000137. The Labute approximate surface area is 234 Å². The van der Waals surface area contributed by atoms with E-state index in [1.54, 1.807) is 20.1 Å². The highest BCUT2D eigenvalue weighted by molar-refractivity contribution is 5.92. The molecule has 1 aromatic carbocycles. The van der Waals surface area contributed by atoms with Crippen LogP contribution in [0.3, 0.4) is 0 Å². The minimum absolute atomic E-state index is 0. The summed E-state index contributed by atoms with van der Waals surface area (Å²) in [7, 11) is 3.10. The monoisotopic (exact) mass is 560 g/mol. The maximum absolute atomic E-state index is 12.3. The zero-order valence-electron chi connectivity index (χ0n) is 23.8. The fourth-order valence-electron chi connectivity index (χ4n) is 4.26. The third-order valence-electron chi connectivity index (χ3n) is 6.73. The van der Waals surface area contributed by atoms with Crippen LogP contribution in [0.4, 0.5) is 0 Å². The van der Waals surface area contributed by atoms with Gasteiger partial charge in [0.1, 0.15) is 5.56 Å². The van der Waals surface area contributed by atoms with Crippen molar-refractivity contribution in [3.05, 3.63) is 23.3 Å². The number of ether oxygens (including phenoxy) is 3. The maximum atomic E-state index is 12.3. The SMILES string of the molecule is CCCCNC(=O)[C@H](C)C[C@H](O)[C@@H](N)C[C@H](Cc1ccc(C(=O)O)c(OCCCOC)c1OC)C(C)C.Cl. The lowest BCUT2D eigenvalue weighted by atomic mass is 9.81. The summed E-state index contributed by atoms with van der Waals surface area (Å²) in [6, 6.07) is 2.79. The molecule has 1 amide bonds. The van der Waals surface area contributed by atoms with Crippen molar-refractivity contribution < 1.29 is 34.0 Å². The highest BCUT2D eigenvalue weighted by Crippen LogP contribution is 2.38. The lowest BCUT2D eigenvalue weighted by Gasteiger charge is -2.29. The molecule has 5 N–H and O–H groups in total. The van der Waals surface area contributed by atoms with Crippen LogP contribution in [0.15, 0.2) is 12.1 Å². The van der Waals surface area contributed by atoms with Gasteiger partial charge in [-0.1, -0.05) is 40.2 Å². The maximum Gasteiger partial charge on any atom is 0.339 e. The van der Waals surface area contributed by atoms with E-state index in [2.05, 4.69) is 26.1 Å². The van der Waals surface area contributed by atoms with Gasteiger partial charge in [0, 0.05) is 38.6 Å². The number of carbonyl (C=O) groups excluding carboxylic acids is 1.